The van der Waals surface area contributed by atoms with Crippen molar-refractivity contribution in [3.05, 3.63) is 59.8 Å². The van der Waals surface area contributed by atoms with E-state index in [9.17, 15) is 9.59 Å². The maximum Gasteiger partial charge on any atom is 0.338 e. The molecule has 6 nitrogen and oxygen atoms in total. The molecule has 0 bridgehead atoms. The molecule has 0 radical (unpaired) electrons. The molecule has 2 saturated heterocycles. The number of carbonyl (C=O) groups is 2. The van der Waals surface area contributed by atoms with Crippen LogP contribution < -0.4 is 0 Å². The van der Waals surface area contributed by atoms with Crippen molar-refractivity contribution in [3.8, 4) is 0 Å². The Bertz CT molecular complexity index is 1070. The second kappa shape index (κ2) is 7.13. The third-order valence-electron chi connectivity index (χ3n) is 6.62. The van der Waals surface area contributed by atoms with Crippen molar-refractivity contribution in [1.29, 1.82) is 0 Å². The van der Waals surface area contributed by atoms with Crippen LogP contribution in [0.1, 0.15) is 43.0 Å². The summed E-state index contributed by atoms with van der Waals surface area (Å²) >= 11 is 0. The zero-order valence-electron chi connectivity index (χ0n) is 17.0. The van der Waals surface area contributed by atoms with Gasteiger partial charge in [0.1, 0.15) is 18.8 Å². The number of allylic oxidation sites excluding steroid dienone is 1. The lowest BCUT2D eigenvalue weighted by molar-refractivity contribution is -0.140. The Morgan fingerprint density at radius 1 is 1.37 bits per heavy atom. The molecular formula is C24H25NO5. The minimum atomic E-state index is -0.338. The van der Waals surface area contributed by atoms with E-state index in [2.05, 4.69) is 24.6 Å². The van der Waals surface area contributed by atoms with Gasteiger partial charge in [0.25, 0.3) is 0 Å². The van der Waals surface area contributed by atoms with Crippen LogP contribution in [-0.2, 0) is 19.0 Å². The van der Waals surface area contributed by atoms with E-state index in [0.717, 1.165) is 42.2 Å². The number of carbonyl (C=O) groups excluding carboxylic acids is 2. The Morgan fingerprint density at radius 3 is 3.10 bits per heavy atom. The number of aromatic amines is 1. The molecule has 0 spiro atoms. The standard InChI is InChI=1S/C24H25NO5/c1-14-18-7-5-15(4-3-10-24(2)21(30-24)20(18)29-22(14)26)13-28-23(27)17-6-8-19-16(12-17)9-11-25-19/h4,6,8-9,11-12,18,20-21,25H,1,3,5,7,10,13H2,2H3/b15-4+/t18-,20-,21-,24+/m0/s1. The van der Waals surface area contributed by atoms with Crippen molar-refractivity contribution in [3.63, 3.8) is 0 Å². The van der Waals surface area contributed by atoms with Crippen LogP contribution in [0, 0.1) is 5.92 Å². The second-order valence-corrected chi connectivity index (χ2v) is 8.65. The van der Waals surface area contributed by atoms with Gasteiger partial charge in [0, 0.05) is 28.6 Å². The molecule has 2 aromatic rings. The summed E-state index contributed by atoms with van der Waals surface area (Å²) in [6.07, 6.45) is 6.81. The van der Waals surface area contributed by atoms with Gasteiger partial charge < -0.3 is 19.2 Å². The molecule has 1 aromatic heterocycles. The van der Waals surface area contributed by atoms with Gasteiger partial charge in [-0.2, -0.15) is 0 Å². The lowest BCUT2D eigenvalue weighted by Crippen LogP contribution is -2.29. The predicted molar refractivity (Wildman–Crippen MR) is 111 cm³/mol. The van der Waals surface area contributed by atoms with E-state index in [1.807, 2.05) is 24.4 Å². The van der Waals surface area contributed by atoms with E-state index in [-0.39, 0.29) is 42.3 Å². The molecule has 2 aliphatic heterocycles. The fraction of sp³-hybridized carbons (Fsp3) is 0.417. The van der Waals surface area contributed by atoms with Crippen LogP contribution in [0.2, 0.25) is 0 Å². The normalized spacial score (nSPS) is 32.6. The van der Waals surface area contributed by atoms with Crippen LogP contribution in [0.5, 0.6) is 0 Å². The zero-order valence-corrected chi connectivity index (χ0v) is 17.0. The third kappa shape index (κ3) is 3.35. The number of esters is 2. The largest absolute Gasteiger partial charge is 0.458 e. The molecule has 6 heteroatoms. The summed E-state index contributed by atoms with van der Waals surface area (Å²) in [5.41, 5.74) is 2.83. The minimum Gasteiger partial charge on any atom is -0.458 e. The summed E-state index contributed by atoms with van der Waals surface area (Å²) in [7, 11) is 0. The van der Waals surface area contributed by atoms with Gasteiger partial charge in [-0.25, -0.2) is 9.59 Å². The SMILES string of the molecule is C=C1C(=O)O[C@H]2[C@H]1CC/C(COC(=O)c1ccc3[nH]ccc3c1)=C\CC[C@@]1(C)O[C@@H]21. The van der Waals surface area contributed by atoms with Gasteiger partial charge in [-0.05, 0) is 62.4 Å². The van der Waals surface area contributed by atoms with E-state index in [1.165, 1.54) is 0 Å². The number of aromatic nitrogens is 1. The Kier molecular flexibility index (Phi) is 4.54. The first-order valence-corrected chi connectivity index (χ1v) is 10.4. The van der Waals surface area contributed by atoms with Crippen LogP contribution >= 0.6 is 0 Å². The van der Waals surface area contributed by atoms with Crippen molar-refractivity contribution in [1.82, 2.24) is 4.98 Å². The van der Waals surface area contributed by atoms with Crippen LogP contribution in [-0.4, -0.2) is 41.3 Å². The fourth-order valence-electron chi connectivity index (χ4n) is 4.67. The summed E-state index contributed by atoms with van der Waals surface area (Å²) in [5.74, 6) is -0.716. The number of hydrogen-bond donors (Lipinski definition) is 1. The van der Waals surface area contributed by atoms with E-state index < -0.39 is 0 Å². The highest BCUT2D eigenvalue weighted by Gasteiger charge is 2.61. The van der Waals surface area contributed by atoms with Crippen molar-refractivity contribution in [2.45, 2.75) is 50.4 Å². The Morgan fingerprint density at radius 2 is 2.23 bits per heavy atom. The lowest BCUT2D eigenvalue weighted by Gasteiger charge is -2.20. The van der Waals surface area contributed by atoms with Gasteiger partial charge in [0.15, 0.2) is 0 Å². The summed E-state index contributed by atoms with van der Waals surface area (Å²) < 4.78 is 17.1. The Balaban J connectivity index is 1.28. The molecule has 1 aliphatic carbocycles. The van der Waals surface area contributed by atoms with Crippen LogP contribution in [0.3, 0.4) is 0 Å². The van der Waals surface area contributed by atoms with Gasteiger partial charge in [-0.3, -0.25) is 0 Å². The molecule has 0 amide bonds. The number of ether oxygens (including phenoxy) is 3. The fourth-order valence-corrected chi connectivity index (χ4v) is 4.67. The van der Waals surface area contributed by atoms with Crippen molar-refractivity contribution < 1.29 is 23.8 Å². The highest BCUT2D eigenvalue weighted by Crippen LogP contribution is 2.49. The van der Waals surface area contributed by atoms with E-state index in [1.54, 1.807) is 6.07 Å². The molecule has 5 rings (SSSR count). The molecule has 3 heterocycles. The molecule has 1 N–H and O–H groups in total. The molecule has 30 heavy (non-hydrogen) atoms. The molecule has 156 valence electrons. The van der Waals surface area contributed by atoms with Gasteiger partial charge in [-0.1, -0.05) is 12.7 Å². The number of fused-ring (bicyclic) bond motifs is 4. The van der Waals surface area contributed by atoms with E-state index in [0.29, 0.717) is 11.1 Å². The first kappa shape index (κ1) is 19.1. The summed E-state index contributed by atoms with van der Waals surface area (Å²) in [4.78, 5) is 27.7. The molecule has 4 atom stereocenters. The van der Waals surface area contributed by atoms with Crippen LogP contribution in [0.15, 0.2) is 54.3 Å². The Labute approximate surface area is 174 Å². The molecular weight excluding hydrogens is 382 g/mol. The van der Waals surface area contributed by atoms with Crippen molar-refractivity contribution in [2.24, 2.45) is 5.92 Å². The zero-order chi connectivity index (χ0) is 20.9. The van der Waals surface area contributed by atoms with E-state index in [4.69, 9.17) is 14.2 Å². The summed E-state index contributed by atoms with van der Waals surface area (Å²) in [6.45, 7) is 6.25. The van der Waals surface area contributed by atoms with Crippen LogP contribution in [0.25, 0.3) is 10.9 Å². The van der Waals surface area contributed by atoms with Gasteiger partial charge in [-0.15, -0.1) is 0 Å². The lowest BCUT2D eigenvalue weighted by atomic mass is 9.84. The molecule has 1 aromatic carbocycles. The first-order valence-electron chi connectivity index (χ1n) is 10.4. The average Bonchev–Trinajstić information content (AvgIpc) is 3.06. The smallest absolute Gasteiger partial charge is 0.338 e. The molecule has 0 saturated carbocycles. The van der Waals surface area contributed by atoms with Crippen LogP contribution in [0.4, 0.5) is 0 Å². The van der Waals surface area contributed by atoms with E-state index >= 15 is 0 Å². The average molecular weight is 407 g/mol. The second-order valence-electron chi connectivity index (χ2n) is 8.65. The minimum absolute atomic E-state index is 0.0539. The highest BCUT2D eigenvalue weighted by molar-refractivity contribution is 5.94. The maximum atomic E-state index is 12.6. The molecule has 2 fully saturated rings. The van der Waals surface area contributed by atoms with Gasteiger partial charge in [0.05, 0.1) is 11.2 Å². The summed E-state index contributed by atoms with van der Waals surface area (Å²) in [6, 6.07) is 7.41. The number of rotatable bonds is 3. The quantitative estimate of drug-likeness (QED) is 0.359. The number of epoxide rings is 1. The molecule has 0 unspecified atom stereocenters. The number of nitrogens with one attached hydrogen (secondary N) is 1. The van der Waals surface area contributed by atoms with Gasteiger partial charge >= 0.3 is 11.9 Å². The Hall–Kier alpha value is -2.86. The number of benzene rings is 1. The topological polar surface area (TPSA) is 80.9 Å². The highest BCUT2D eigenvalue weighted by atomic mass is 16.6. The molecule has 3 aliphatic rings. The van der Waals surface area contributed by atoms with Crippen molar-refractivity contribution >= 4 is 22.8 Å². The summed E-state index contributed by atoms with van der Waals surface area (Å²) in [5, 5.41) is 0.977. The predicted octanol–water partition coefficient (Wildman–Crippen LogP) is 4.08. The maximum absolute atomic E-state index is 12.6. The number of H-pyrrole nitrogens is 1. The monoisotopic (exact) mass is 407 g/mol. The third-order valence-corrected chi connectivity index (χ3v) is 6.62. The first-order chi connectivity index (χ1) is 14.4. The number of hydrogen-bond acceptors (Lipinski definition) is 5. The van der Waals surface area contributed by atoms with Gasteiger partial charge in [0.2, 0.25) is 0 Å². The van der Waals surface area contributed by atoms with Crippen molar-refractivity contribution in [2.75, 3.05) is 6.61 Å².